The molecule has 3 aromatic heterocycles. The first kappa shape index (κ1) is 19.8. The van der Waals surface area contributed by atoms with Gasteiger partial charge in [0.15, 0.2) is 17.5 Å². The number of hydrogen-bond donors (Lipinski definition) is 2. The molecule has 1 aliphatic carbocycles. The molecule has 33 heavy (non-hydrogen) atoms. The van der Waals surface area contributed by atoms with Gasteiger partial charge in [0.25, 0.3) is 0 Å². The molecule has 4 heterocycles. The van der Waals surface area contributed by atoms with Crippen LogP contribution in [0.2, 0.25) is 0 Å². The van der Waals surface area contributed by atoms with Crippen molar-refractivity contribution in [1.29, 1.82) is 0 Å². The molecule has 1 fully saturated rings. The maximum atomic E-state index is 13.6. The largest absolute Gasteiger partial charge is 0.355 e. The summed E-state index contributed by atoms with van der Waals surface area (Å²) in [5.74, 6) is 0.864. The van der Waals surface area contributed by atoms with E-state index in [1.807, 2.05) is 18.0 Å². The van der Waals surface area contributed by atoms with Crippen molar-refractivity contribution >= 4 is 11.8 Å². The maximum Gasteiger partial charge on any atom is 0.225 e. The number of aromatic nitrogens is 7. The van der Waals surface area contributed by atoms with Gasteiger partial charge in [-0.05, 0) is 42.2 Å². The van der Waals surface area contributed by atoms with E-state index in [1.165, 1.54) is 12.1 Å². The molecule has 0 radical (unpaired) electrons. The number of benzene rings is 1. The van der Waals surface area contributed by atoms with Crippen LogP contribution in [0.25, 0.3) is 11.5 Å². The van der Waals surface area contributed by atoms with Crippen LogP contribution in [0.15, 0.2) is 36.8 Å². The van der Waals surface area contributed by atoms with Crippen LogP contribution in [0, 0.1) is 11.6 Å². The molecular weight excluding hydrogens is 428 g/mol. The maximum absolute atomic E-state index is 13.6. The van der Waals surface area contributed by atoms with Crippen molar-refractivity contribution in [2.75, 3.05) is 29.9 Å². The lowest BCUT2D eigenvalue weighted by atomic mass is 9.97. The smallest absolute Gasteiger partial charge is 0.225 e. The van der Waals surface area contributed by atoms with Gasteiger partial charge in [0.05, 0.1) is 18.1 Å². The average molecular weight is 449 g/mol. The van der Waals surface area contributed by atoms with E-state index in [2.05, 4.69) is 40.2 Å². The first-order valence-electron chi connectivity index (χ1n) is 10.7. The number of imidazole rings is 1. The van der Waals surface area contributed by atoms with Crippen LogP contribution in [0.1, 0.15) is 22.7 Å². The van der Waals surface area contributed by atoms with E-state index in [0.717, 1.165) is 35.7 Å². The van der Waals surface area contributed by atoms with Gasteiger partial charge in [0, 0.05) is 38.3 Å². The van der Waals surface area contributed by atoms with E-state index < -0.39 is 11.6 Å². The predicted octanol–water partition coefficient (Wildman–Crippen LogP) is 2.47. The Balaban J connectivity index is 1.16. The summed E-state index contributed by atoms with van der Waals surface area (Å²) in [5, 5.41) is 10.7. The fraction of sp³-hybridized carbons (Fsp3) is 0.318. The molecule has 6 rings (SSSR count). The van der Waals surface area contributed by atoms with Gasteiger partial charge in [0.1, 0.15) is 11.5 Å². The van der Waals surface area contributed by atoms with Crippen LogP contribution >= 0.6 is 0 Å². The SMILES string of the molecule is CN(c1nccc(-c2ncc(N3CC(c4cn[nH]n4)C3)[nH]2)n1)C1Cc2cc(F)c(F)cc2C1. The van der Waals surface area contributed by atoms with Gasteiger partial charge in [-0.25, -0.2) is 23.7 Å². The molecule has 2 N–H and O–H groups in total. The summed E-state index contributed by atoms with van der Waals surface area (Å²) in [6.45, 7) is 1.69. The van der Waals surface area contributed by atoms with Crippen LogP contribution in [0.5, 0.6) is 0 Å². The van der Waals surface area contributed by atoms with Gasteiger partial charge in [-0.2, -0.15) is 15.4 Å². The highest BCUT2D eigenvalue weighted by molar-refractivity contribution is 5.57. The number of halogens is 2. The van der Waals surface area contributed by atoms with E-state index in [-0.39, 0.29) is 6.04 Å². The molecule has 1 saturated heterocycles. The lowest BCUT2D eigenvalue weighted by Gasteiger charge is -2.38. The minimum absolute atomic E-state index is 0.0261. The van der Waals surface area contributed by atoms with E-state index in [0.29, 0.717) is 36.2 Å². The van der Waals surface area contributed by atoms with Crippen LogP contribution < -0.4 is 9.80 Å². The van der Waals surface area contributed by atoms with Gasteiger partial charge < -0.3 is 14.8 Å². The quantitative estimate of drug-likeness (QED) is 0.483. The Morgan fingerprint density at radius 3 is 2.52 bits per heavy atom. The monoisotopic (exact) mass is 449 g/mol. The minimum Gasteiger partial charge on any atom is -0.355 e. The first-order chi connectivity index (χ1) is 16.0. The number of rotatable bonds is 5. The molecular formula is C22H21F2N9. The second kappa shape index (κ2) is 7.61. The van der Waals surface area contributed by atoms with Crippen LogP contribution in [-0.4, -0.2) is 61.5 Å². The standard InChI is InChI=1S/C22H21F2N9/c1-32(15-4-12-6-16(23)17(24)7-13(12)5-15)22-25-3-2-18(28-22)21-26-9-20(29-21)33-10-14(11-33)19-8-27-31-30-19/h2-3,6-9,14-15H,4-5,10-11H2,1H3,(H,26,29)(H,27,30,31). The number of nitrogens with one attached hydrogen (secondary N) is 2. The molecule has 1 aliphatic heterocycles. The fourth-order valence-electron chi connectivity index (χ4n) is 4.55. The summed E-state index contributed by atoms with van der Waals surface area (Å²) in [4.78, 5) is 21.1. The summed E-state index contributed by atoms with van der Waals surface area (Å²) in [6, 6.07) is 4.42. The Morgan fingerprint density at radius 1 is 1.06 bits per heavy atom. The van der Waals surface area contributed by atoms with E-state index >= 15 is 0 Å². The minimum atomic E-state index is -0.807. The Kier molecular flexibility index (Phi) is 4.56. The molecule has 0 spiro atoms. The van der Waals surface area contributed by atoms with Crippen molar-refractivity contribution in [2.45, 2.75) is 24.8 Å². The van der Waals surface area contributed by atoms with Gasteiger partial charge >= 0.3 is 0 Å². The molecule has 2 aliphatic rings. The van der Waals surface area contributed by atoms with E-state index in [1.54, 1.807) is 18.6 Å². The number of anilines is 2. The lowest BCUT2D eigenvalue weighted by Crippen LogP contribution is -2.45. The van der Waals surface area contributed by atoms with Crippen LogP contribution in [0.4, 0.5) is 20.5 Å². The van der Waals surface area contributed by atoms with Gasteiger partial charge in [-0.1, -0.05) is 0 Å². The first-order valence-corrected chi connectivity index (χ1v) is 10.7. The third-order valence-corrected chi connectivity index (χ3v) is 6.54. The van der Waals surface area contributed by atoms with Crippen molar-refractivity contribution in [1.82, 2.24) is 35.3 Å². The summed E-state index contributed by atoms with van der Waals surface area (Å²) in [5.41, 5.74) is 3.31. The Bertz CT molecular complexity index is 1270. The highest BCUT2D eigenvalue weighted by atomic mass is 19.2. The zero-order valence-corrected chi connectivity index (χ0v) is 17.8. The highest BCUT2D eigenvalue weighted by Crippen LogP contribution is 2.31. The van der Waals surface area contributed by atoms with Crippen molar-refractivity contribution in [3.63, 3.8) is 0 Å². The molecule has 0 amide bonds. The predicted molar refractivity (Wildman–Crippen MR) is 117 cm³/mol. The third kappa shape index (κ3) is 3.49. The molecule has 0 saturated carbocycles. The fourth-order valence-corrected chi connectivity index (χ4v) is 4.55. The summed E-state index contributed by atoms with van der Waals surface area (Å²) >= 11 is 0. The molecule has 9 nitrogen and oxygen atoms in total. The second-order valence-electron chi connectivity index (χ2n) is 8.56. The molecule has 0 atom stereocenters. The van der Waals surface area contributed by atoms with Crippen LogP contribution in [0.3, 0.4) is 0 Å². The number of nitrogens with zero attached hydrogens (tertiary/aromatic N) is 7. The number of H-pyrrole nitrogens is 2. The summed E-state index contributed by atoms with van der Waals surface area (Å²) in [6.07, 6.45) is 6.49. The van der Waals surface area contributed by atoms with Gasteiger partial charge in [-0.3, -0.25) is 0 Å². The number of fused-ring (bicyclic) bond motifs is 1. The van der Waals surface area contributed by atoms with Crippen molar-refractivity contribution in [3.05, 3.63) is 65.2 Å². The number of likely N-dealkylation sites (N-methyl/N-ethyl adjacent to an activating group) is 1. The average Bonchev–Trinajstić information content (AvgIpc) is 3.54. The van der Waals surface area contributed by atoms with Crippen LogP contribution in [-0.2, 0) is 12.8 Å². The topological polar surface area (TPSA) is 103 Å². The molecule has 1 aromatic carbocycles. The summed E-state index contributed by atoms with van der Waals surface area (Å²) in [7, 11) is 1.90. The van der Waals surface area contributed by atoms with E-state index in [4.69, 9.17) is 0 Å². The van der Waals surface area contributed by atoms with Crippen molar-refractivity contribution in [3.8, 4) is 11.5 Å². The normalized spacial score (nSPS) is 16.2. The lowest BCUT2D eigenvalue weighted by molar-refractivity contribution is 0.507. The molecule has 0 unspecified atom stereocenters. The zero-order chi connectivity index (χ0) is 22.5. The Morgan fingerprint density at radius 2 is 1.82 bits per heavy atom. The third-order valence-electron chi connectivity index (χ3n) is 6.54. The molecule has 4 aromatic rings. The molecule has 11 heteroatoms. The Hall–Kier alpha value is -3.89. The zero-order valence-electron chi connectivity index (χ0n) is 17.8. The summed E-state index contributed by atoms with van der Waals surface area (Å²) < 4.78 is 27.2. The van der Waals surface area contributed by atoms with E-state index in [9.17, 15) is 8.78 Å². The van der Waals surface area contributed by atoms with Crippen molar-refractivity contribution < 1.29 is 8.78 Å². The molecule has 168 valence electrons. The number of hydrogen-bond acceptors (Lipinski definition) is 7. The molecule has 0 bridgehead atoms. The highest BCUT2D eigenvalue weighted by Gasteiger charge is 2.31. The van der Waals surface area contributed by atoms with Crippen molar-refractivity contribution in [2.24, 2.45) is 0 Å². The van der Waals surface area contributed by atoms with Gasteiger partial charge in [0.2, 0.25) is 5.95 Å². The second-order valence-corrected chi connectivity index (χ2v) is 8.56. The Labute approximate surface area is 187 Å². The van der Waals surface area contributed by atoms with Gasteiger partial charge in [-0.15, -0.1) is 0 Å². The number of aromatic amines is 2.